The molecule has 0 aliphatic heterocycles. The van der Waals surface area contributed by atoms with Gasteiger partial charge in [0.25, 0.3) is 0 Å². The van der Waals surface area contributed by atoms with Crippen molar-refractivity contribution in [2.24, 2.45) is 5.73 Å². The van der Waals surface area contributed by atoms with Crippen LogP contribution in [0.4, 0.5) is 0 Å². The van der Waals surface area contributed by atoms with Gasteiger partial charge >= 0.3 is 0 Å². The monoisotopic (exact) mass is 183 g/mol. The largest absolute Gasteiger partial charge is 0.391 e. The van der Waals surface area contributed by atoms with Crippen LogP contribution in [0.2, 0.25) is 0 Å². The zero-order valence-corrected chi connectivity index (χ0v) is 8.14. The Hall–Kier alpha value is -0.870. The highest BCUT2D eigenvalue weighted by Gasteiger charge is 2.06. The molecule has 0 aliphatic carbocycles. The Morgan fingerprint density at radius 3 is 2.77 bits per heavy atom. The van der Waals surface area contributed by atoms with Gasteiger partial charge in [-0.2, -0.15) is 5.10 Å². The minimum Gasteiger partial charge on any atom is -0.391 e. The highest BCUT2D eigenvalue weighted by molar-refractivity contribution is 5.05. The average molecular weight is 183 g/mol. The van der Waals surface area contributed by atoms with Crippen molar-refractivity contribution >= 4 is 0 Å². The molecule has 0 fully saturated rings. The predicted octanol–water partition coefficient (Wildman–Crippen LogP) is 0.326. The van der Waals surface area contributed by atoms with Crippen LogP contribution in [0.3, 0.4) is 0 Å². The maximum Gasteiger partial charge on any atom is 0.0703 e. The Morgan fingerprint density at radius 1 is 1.62 bits per heavy atom. The Labute approximate surface area is 78.4 Å². The van der Waals surface area contributed by atoms with Gasteiger partial charge in [0.1, 0.15) is 0 Å². The number of aliphatic hydroxyl groups is 1. The third-order valence-corrected chi connectivity index (χ3v) is 1.93. The van der Waals surface area contributed by atoms with Crippen molar-refractivity contribution in [2.45, 2.75) is 32.4 Å². The van der Waals surface area contributed by atoms with Crippen LogP contribution in [-0.2, 0) is 6.42 Å². The van der Waals surface area contributed by atoms with E-state index in [1.54, 1.807) is 6.20 Å². The molecule has 1 rings (SSSR count). The normalized spacial score (nSPS) is 13.6. The quantitative estimate of drug-likeness (QED) is 0.707. The summed E-state index contributed by atoms with van der Waals surface area (Å²) in [5.74, 6) is 0. The highest BCUT2D eigenvalue weighted by Crippen LogP contribution is 2.06. The van der Waals surface area contributed by atoms with E-state index in [9.17, 15) is 5.11 Å². The Bertz CT molecular complexity index is 257. The summed E-state index contributed by atoms with van der Waals surface area (Å²) in [5, 5.41) is 13.5. The van der Waals surface area contributed by atoms with E-state index < -0.39 is 6.10 Å². The lowest BCUT2D eigenvalue weighted by molar-refractivity contribution is 0.183. The number of hydrogen-bond acceptors (Lipinski definition) is 3. The van der Waals surface area contributed by atoms with Crippen LogP contribution in [0.25, 0.3) is 0 Å². The van der Waals surface area contributed by atoms with E-state index in [0.717, 1.165) is 5.56 Å². The molecule has 1 atom stereocenters. The fourth-order valence-corrected chi connectivity index (χ4v) is 1.12. The van der Waals surface area contributed by atoms with E-state index in [0.29, 0.717) is 19.0 Å². The van der Waals surface area contributed by atoms with Gasteiger partial charge in [0, 0.05) is 25.2 Å². The second kappa shape index (κ2) is 4.39. The van der Waals surface area contributed by atoms with Crippen molar-refractivity contribution in [3.05, 3.63) is 18.0 Å². The van der Waals surface area contributed by atoms with Gasteiger partial charge in [-0.1, -0.05) is 0 Å². The third kappa shape index (κ3) is 2.82. The van der Waals surface area contributed by atoms with Gasteiger partial charge in [0.15, 0.2) is 0 Å². The van der Waals surface area contributed by atoms with Crippen molar-refractivity contribution in [3.8, 4) is 0 Å². The molecule has 1 unspecified atom stereocenters. The van der Waals surface area contributed by atoms with Crippen LogP contribution in [0.1, 0.15) is 25.5 Å². The van der Waals surface area contributed by atoms with Gasteiger partial charge in [-0.05, 0) is 19.4 Å². The summed E-state index contributed by atoms with van der Waals surface area (Å²) >= 11 is 0. The fourth-order valence-electron chi connectivity index (χ4n) is 1.12. The molecule has 1 heterocycles. The third-order valence-electron chi connectivity index (χ3n) is 1.93. The molecule has 1 aromatic rings. The van der Waals surface area contributed by atoms with Crippen LogP contribution in [0.15, 0.2) is 12.4 Å². The van der Waals surface area contributed by atoms with Gasteiger partial charge < -0.3 is 10.8 Å². The Kier molecular flexibility index (Phi) is 3.45. The van der Waals surface area contributed by atoms with Gasteiger partial charge in [-0.15, -0.1) is 0 Å². The van der Waals surface area contributed by atoms with Gasteiger partial charge in [0.05, 0.1) is 12.3 Å². The van der Waals surface area contributed by atoms with Crippen LogP contribution in [0.5, 0.6) is 0 Å². The van der Waals surface area contributed by atoms with E-state index in [2.05, 4.69) is 18.9 Å². The first-order valence-electron chi connectivity index (χ1n) is 4.54. The molecule has 0 radical (unpaired) electrons. The number of hydrogen-bond donors (Lipinski definition) is 2. The van der Waals surface area contributed by atoms with E-state index in [-0.39, 0.29) is 0 Å². The summed E-state index contributed by atoms with van der Waals surface area (Å²) in [6, 6.07) is 0.365. The molecular formula is C9H17N3O. The standard InChI is InChI=1S/C9H17N3O/c1-7(2)12-6-8(5-11-12)3-9(13)4-10/h5-7,9,13H,3-4,10H2,1-2H3. The van der Waals surface area contributed by atoms with Crippen molar-refractivity contribution in [1.82, 2.24) is 9.78 Å². The van der Waals surface area contributed by atoms with Crippen molar-refractivity contribution in [2.75, 3.05) is 6.54 Å². The molecular weight excluding hydrogens is 166 g/mol. The summed E-state index contributed by atoms with van der Waals surface area (Å²) in [6.45, 7) is 4.43. The van der Waals surface area contributed by atoms with E-state index >= 15 is 0 Å². The summed E-state index contributed by atoms with van der Waals surface area (Å²) in [7, 11) is 0. The summed E-state index contributed by atoms with van der Waals surface area (Å²) in [5.41, 5.74) is 6.34. The van der Waals surface area contributed by atoms with Crippen molar-refractivity contribution < 1.29 is 5.11 Å². The molecule has 3 N–H and O–H groups in total. The minimum atomic E-state index is -0.454. The molecule has 74 valence electrons. The Balaban J connectivity index is 2.58. The number of nitrogens with two attached hydrogens (primary N) is 1. The molecule has 13 heavy (non-hydrogen) atoms. The molecule has 0 bridgehead atoms. The predicted molar refractivity (Wildman–Crippen MR) is 51.4 cm³/mol. The molecule has 0 amide bonds. The molecule has 0 aromatic carbocycles. The molecule has 0 aliphatic rings. The van der Waals surface area contributed by atoms with Gasteiger partial charge in [-0.3, -0.25) is 4.68 Å². The van der Waals surface area contributed by atoms with Crippen LogP contribution < -0.4 is 5.73 Å². The van der Waals surface area contributed by atoms with E-state index in [4.69, 9.17) is 5.73 Å². The number of aliphatic hydroxyl groups excluding tert-OH is 1. The zero-order valence-electron chi connectivity index (χ0n) is 8.14. The molecule has 0 spiro atoms. The molecule has 1 aromatic heterocycles. The first kappa shape index (κ1) is 10.2. The smallest absolute Gasteiger partial charge is 0.0703 e. The number of nitrogens with zero attached hydrogens (tertiary/aromatic N) is 2. The van der Waals surface area contributed by atoms with Crippen molar-refractivity contribution in [3.63, 3.8) is 0 Å². The number of aromatic nitrogens is 2. The lowest BCUT2D eigenvalue weighted by atomic mass is 10.1. The van der Waals surface area contributed by atoms with Gasteiger partial charge in [0.2, 0.25) is 0 Å². The summed E-state index contributed by atoms with van der Waals surface area (Å²) < 4.78 is 1.87. The second-order valence-corrected chi connectivity index (χ2v) is 3.52. The van der Waals surface area contributed by atoms with Crippen LogP contribution in [0, 0.1) is 0 Å². The minimum absolute atomic E-state index is 0.298. The second-order valence-electron chi connectivity index (χ2n) is 3.52. The SMILES string of the molecule is CC(C)n1cc(CC(O)CN)cn1. The van der Waals surface area contributed by atoms with Crippen molar-refractivity contribution in [1.29, 1.82) is 0 Å². The molecule has 4 nitrogen and oxygen atoms in total. The summed E-state index contributed by atoms with van der Waals surface area (Å²) in [6.07, 6.45) is 3.86. The highest BCUT2D eigenvalue weighted by atomic mass is 16.3. The maximum absolute atomic E-state index is 9.30. The average Bonchev–Trinajstić information content (AvgIpc) is 2.52. The first-order chi connectivity index (χ1) is 6.13. The Morgan fingerprint density at radius 2 is 2.31 bits per heavy atom. The van der Waals surface area contributed by atoms with Crippen LogP contribution in [-0.4, -0.2) is 27.5 Å². The lowest BCUT2D eigenvalue weighted by Crippen LogP contribution is -2.21. The molecule has 0 saturated carbocycles. The molecule has 4 heteroatoms. The number of rotatable bonds is 4. The fraction of sp³-hybridized carbons (Fsp3) is 0.667. The van der Waals surface area contributed by atoms with E-state index in [1.165, 1.54) is 0 Å². The molecule has 0 saturated heterocycles. The first-order valence-corrected chi connectivity index (χ1v) is 4.54. The zero-order chi connectivity index (χ0) is 9.84. The van der Waals surface area contributed by atoms with Gasteiger partial charge in [-0.25, -0.2) is 0 Å². The summed E-state index contributed by atoms with van der Waals surface area (Å²) in [4.78, 5) is 0. The van der Waals surface area contributed by atoms with Crippen LogP contribution >= 0.6 is 0 Å². The topological polar surface area (TPSA) is 64.1 Å². The lowest BCUT2D eigenvalue weighted by Gasteiger charge is -2.05. The maximum atomic E-state index is 9.30. The van der Waals surface area contributed by atoms with E-state index in [1.807, 2.05) is 10.9 Å².